The maximum Gasteiger partial charge on any atom is 0.172 e. The first-order chi connectivity index (χ1) is 9.67. The van der Waals surface area contributed by atoms with Crippen molar-refractivity contribution in [3.8, 4) is 11.5 Å². The number of hydrogen-bond donors (Lipinski definition) is 2. The second kappa shape index (κ2) is 10.5. The lowest BCUT2D eigenvalue weighted by Gasteiger charge is -2.34. The van der Waals surface area contributed by atoms with Crippen LogP contribution in [0, 0.1) is 0 Å². The molecule has 0 bridgehead atoms. The first kappa shape index (κ1) is 21.7. The number of halogens is 4. The summed E-state index contributed by atoms with van der Waals surface area (Å²) in [5.41, 5.74) is 0.822. The molecule has 1 aromatic rings. The van der Waals surface area contributed by atoms with E-state index in [0.29, 0.717) is 16.8 Å². The first-order valence-electron chi connectivity index (χ1n) is 6.83. The Hall–Kier alpha value is -0.270. The minimum Gasteiger partial charge on any atom is -0.503 e. The summed E-state index contributed by atoms with van der Waals surface area (Å²) in [6, 6.07) is 3.20. The molecular weight excluding hydrogens is 398 g/mol. The fourth-order valence-electron chi connectivity index (χ4n) is 2.44. The average molecular weight is 420 g/mol. The fraction of sp³-hybridized carbons (Fsp3) is 0.571. The Bertz CT molecular complexity index is 463. The van der Waals surface area contributed by atoms with Crippen LogP contribution in [0.4, 0.5) is 4.39 Å². The van der Waals surface area contributed by atoms with Crippen LogP contribution in [-0.4, -0.2) is 49.5 Å². The Morgan fingerprint density at radius 1 is 1.36 bits per heavy atom. The van der Waals surface area contributed by atoms with Crippen molar-refractivity contribution in [1.29, 1.82) is 0 Å². The van der Waals surface area contributed by atoms with Crippen molar-refractivity contribution in [1.82, 2.24) is 10.2 Å². The minimum absolute atomic E-state index is 0. The third kappa shape index (κ3) is 5.13. The van der Waals surface area contributed by atoms with E-state index in [9.17, 15) is 9.50 Å². The number of rotatable bonds is 5. The Kier molecular flexibility index (Phi) is 10.4. The van der Waals surface area contributed by atoms with Gasteiger partial charge in [-0.05, 0) is 40.5 Å². The van der Waals surface area contributed by atoms with Crippen LogP contribution in [0.3, 0.4) is 0 Å². The maximum absolute atomic E-state index is 13.5. The van der Waals surface area contributed by atoms with Gasteiger partial charge in [-0.25, -0.2) is 4.39 Å². The molecule has 8 heteroatoms. The molecule has 0 saturated carbocycles. The van der Waals surface area contributed by atoms with Gasteiger partial charge >= 0.3 is 0 Å². The molecule has 1 aliphatic heterocycles. The van der Waals surface area contributed by atoms with Crippen molar-refractivity contribution < 1.29 is 14.2 Å². The molecule has 22 heavy (non-hydrogen) atoms. The molecule has 2 rings (SSSR count). The van der Waals surface area contributed by atoms with Gasteiger partial charge in [0.25, 0.3) is 0 Å². The summed E-state index contributed by atoms with van der Waals surface area (Å²) in [6.45, 7) is 5.22. The standard InChI is InChI=1S/C14H20BrFN2O2.2ClH/c1-2-20-13-8-10(7-11(15)14(13)19)12(9-16)18-5-3-17-4-6-18;;/h7-8,12,17,19H,2-6,9H2,1H3;2*1H/t12-;;/m0../s1. The van der Waals surface area contributed by atoms with Crippen LogP contribution in [0.15, 0.2) is 16.6 Å². The predicted octanol–water partition coefficient (Wildman–Crippen LogP) is 3.31. The topological polar surface area (TPSA) is 44.7 Å². The van der Waals surface area contributed by atoms with E-state index >= 15 is 0 Å². The van der Waals surface area contributed by atoms with Crippen LogP contribution in [0.2, 0.25) is 0 Å². The van der Waals surface area contributed by atoms with Crippen molar-refractivity contribution in [3.63, 3.8) is 0 Å². The van der Waals surface area contributed by atoms with Gasteiger partial charge in [0.1, 0.15) is 6.67 Å². The molecule has 1 atom stereocenters. The van der Waals surface area contributed by atoms with Crippen LogP contribution >= 0.6 is 40.7 Å². The lowest BCUT2D eigenvalue weighted by molar-refractivity contribution is 0.147. The van der Waals surface area contributed by atoms with Gasteiger partial charge < -0.3 is 15.2 Å². The average Bonchev–Trinajstić information content (AvgIpc) is 2.46. The van der Waals surface area contributed by atoms with Crippen LogP contribution in [0.5, 0.6) is 11.5 Å². The van der Waals surface area contributed by atoms with Crippen molar-refractivity contribution in [2.45, 2.75) is 13.0 Å². The summed E-state index contributed by atoms with van der Waals surface area (Å²) < 4.78 is 19.4. The van der Waals surface area contributed by atoms with Crippen molar-refractivity contribution in [2.24, 2.45) is 0 Å². The molecule has 1 heterocycles. The summed E-state index contributed by atoms with van der Waals surface area (Å²) in [4.78, 5) is 2.12. The molecule has 0 amide bonds. The summed E-state index contributed by atoms with van der Waals surface area (Å²) >= 11 is 3.31. The highest BCUT2D eigenvalue weighted by Crippen LogP contribution is 2.38. The quantitative estimate of drug-likeness (QED) is 0.768. The Morgan fingerprint density at radius 2 is 2.00 bits per heavy atom. The largest absolute Gasteiger partial charge is 0.503 e. The van der Waals surface area contributed by atoms with Gasteiger partial charge in [-0.2, -0.15) is 0 Å². The molecule has 0 unspecified atom stereocenters. The second-order valence-electron chi connectivity index (χ2n) is 4.74. The summed E-state index contributed by atoms with van der Waals surface area (Å²) in [5.74, 6) is 0.457. The molecule has 0 spiro atoms. The number of alkyl halides is 1. The zero-order valence-electron chi connectivity index (χ0n) is 12.3. The molecule has 2 N–H and O–H groups in total. The van der Waals surface area contributed by atoms with E-state index in [0.717, 1.165) is 31.7 Å². The zero-order valence-corrected chi connectivity index (χ0v) is 15.6. The number of phenolic OH excluding ortho intramolecular Hbond substituents is 1. The van der Waals surface area contributed by atoms with E-state index in [1.54, 1.807) is 12.1 Å². The zero-order chi connectivity index (χ0) is 14.5. The summed E-state index contributed by atoms with van der Waals surface area (Å²) in [5, 5.41) is 13.2. The normalized spacial score (nSPS) is 16.3. The SMILES string of the molecule is CCOc1cc([C@H](CF)N2CCNCC2)cc(Br)c1O.Cl.Cl. The maximum atomic E-state index is 13.5. The van der Waals surface area contributed by atoms with E-state index in [4.69, 9.17) is 4.74 Å². The first-order valence-corrected chi connectivity index (χ1v) is 7.62. The lowest BCUT2D eigenvalue weighted by atomic mass is 10.0. The van der Waals surface area contributed by atoms with Gasteiger partial charge in [-0.1, -0.05) is 0 Å². The monoisotopic (exact) mass is 418 g/mol. The van der Waals surface area contributed by atoms with Crippen LogP contribution in [-0.2, 0) is 0 Å². The van der Waals surface area contributed by atoms with E-state index in [1.165, 1.54) is 0 Å². The third-order valence-electron chi connectivity index (χ3n) is 3.47. The van der Waals surface area contributed by atoms with Crippen molar-refractivity contribution >= 4 is 40.7 Å². The van der Waals surface area contributed by atoms with E-state index in [2.05, 4.69) is 26.1 Å². The molecule has 0 aromatic heterocycles. The third-order valence-corrected chi connectivity index (χ3v) is 4.08. The molecule has 0 radical (unpaired) electrons. The number of nitrogens with one attached hydrogen (secondary N) is 1. The lowest BCUT2D eigenvalue weighted by Crippen LogP contribution is -2.45. The number of piperazine rings is 1. The highest BCUT2D eigenvalue weighted by molar-refractivity contribution is 9.10. The summed E-state index contributed by atoms with van der Waals surface area (Å²) in [7, 11) is 0. The van der Waals surface area contributed by atoms with Crippen LogP contribution < -0.4 is 10.1 Å². The molecule has 1 fully saturated rings. The Balaban J connectivity index is 0.00000220. The number of hydrogen-bond acceptors (Lipinski definition) is 4. The van der Waals surface area contributed by atoms with Gasteiger partial charge in [-0.3, -0.25) is 4.90 Å². The predicted molar refractivity (Wildman–Crippen MR) is 94.6 cm³/mol. The van der Waals surface area contributed by atoms with Gasteiger partial charge in [0.2, 0.25) is 0 Å². The Labute approximate surface area is 151 Å². The fourth-order valence-corrected chi connectivity index (χ4v) is 2.90. The molecule has 1 saturated heterocycles. The highest BCUT2D eigenvalue weighted by atomic mass is 79.9. The summed E-state index contributed by atoms with van der Waals surface area (Å²) in [6.07, 6.45) is 0. The highest BCUT2D eigenvalue weighted by Gasteiger charge is 2.24. The number of aromatic hydroxyl groups is 1. The van der Waals surface area contributed by atoms with Crippen LogP contribution in [0.1, 0.15) is 18.5 Å². The van der Waals surface area contributed by atoms with Gasteiger partial charge in [0, 0.05) is 26.2 Å². The number of phenols is 1. The van der Waals surface area contributed by atoms with Crippen molar-refractivity contribution in [3.05, 3.63) is 22.2 Å². The van der Waals surface area contributed by atoms with E-state index < -0.39 is 6.67 Å². The van der Waals surface area contributed by atoms with E-state index in [1.807, 2.05) is 6.92 Å². The molecular formula is C14H22BrCl2FN2O2. The Morgan fingerprint density at radius 3 is 2.55 bits per heavy atom. The van der Waals surface area contributed by atoms with E-state index in [-0.39, 0.29) is 36.6 Å². The van der Waals surface area contributed by atoms with Crippen molar-refractivity contribution in [2.75, 3.05) is 39.5 Å². The van der Waals surface area contributed by atoms with Gasteiger partial charge in [0.15, 0.2) is 11.5 Å². The number of benzene rings is 1. The minimum atomic E-state index is -0.456. The van der Waals surface area contributed by atoms with Gasteiger partial charge in [0.05, 0.1) is 17.1 Å². The number of ether oxygens (including phenoxy) is 1. The molecule has 1 aromatic carbocycles. The van der Waals surface area contributed by atoms with Gasteiger partial charge in [-0.15, -0.1) is 24.8 Å². The molecule has 1 aliphatic rings. The smallest absolute Gasteiger partial charge is 0.172 e. The van der Waals surface area contributed by atoms with Crippen LogP contribution in [0.25, 0.3) is 0 Å². The molecule has 0 aliphatic carbocycles. The number of nitrogens with zero attached hydrogens (tertiary/aromatic N) is 1. The molecule has 4 nitrogen and oxygen atoms in total. The second-order valence-corrected chi connectivity index (χ2v) is 5.59. The molecule has 128 valence electrons.